The smallest absolute Gasteiger partial charge is 0.229 e. The molecular formula is C21H21F2N5. The molecule has 28 heavy (non-hydrogen) atoms. The van der Waals surface area contributed by atoms with Crippen LogP contribution in [0.2, 0.25) is 0 Å². The van der Waals surface area contributed by atoms with Gasteiger partial charge in [-0.2, -0.15) is 4.98 Å². The minimum Gasteiger partial charge on any atom is -0.368 e. The lowest BCUT2D eigenvalue weighted by molar-refractivity contribution is 0.624. The molecule has 1 saturated heterocycles. The van der Waals surface area contributed by atoms with Gasteiger partial charge in [0.2, 0.25) is 5.95 Å². The molecule has 5 nitrogen and oxygen atoms in total. The van der Waals surface area contributed by atoms with Crippen LogP contribution in [0.25, 0.3) is 0 Å². The Morgan fingerprint density at radius 1 is 0.821 bits per heavy atom. The Balaban J connectivity index is 1.46. The van der Waals surface area contributed by atoms with E-state index in [0.717, 1.165) is 43.4 Å². The Bertz CT molecular complexity index is 953. The number of nitrogens with one attached hydrogen (secondary N) is 1. The first-order chi connectivity index (χ1) is 13.6. The van der Waals surface area contributed by atoms with Gasteiger partial charge < -0.3 is 15.1 Å². The van der Waals surface area contributed by atoms with E-state index in [9.17, 15) is 8.78 Å². The second-order valence-corrected chi connectivity index (χ2v) is 6.78. The Labute approximate surface area is 162 Å². The number of anilines is 4. The van der Waals surface area contributed by atoms with Crippen LogP contribution in [0.1, 0.15) is 5.69 Å². The van der Waals surface area contributed by atoms with Gasteiger partial charge in [0.15, 0.2) is 0 Å². The van der Waals surface area contributed by atoms with Gasteiger partial charge in [-0.05, 0) is 49.4 Å². The SMILES string of the molecule is Cc1cc(N2CCN(c3ccc(F)cc3)CC2)nc(Nc2cccc(F)c2)n1. The highest BCUT2D eigenvalue weighted by Crippen LogP contribution is 2.22. The van der Waals surface area contributed by atoms with E-state index in [1.54, 1.807) is 24.3 Å². The molecule has 0 amide bonds. The van der Waals surface area contributed by atoms with Gasteiger partial charge in [-0.15, -0.1) is 0 Å². The monoisotopic (exact) mass is 381 g/mol. The van der Waals surface area contributed by atoms with Crippen molar-refractivity contribution in [1.82, 2.24) is 9.97 Å². The molecule has 1 aliphatic rings. The first kappa shape index (κ1) is 18.2. The fourth-order valence-electron chi connectivity index (χ4n) is 3.31. The third-order valence-electron chi connectivity index (χ3n) is 4.72. The van der Waals surface area contributed by atoms with Crippen molar-refractivity contribution in [2.75, 3.05) is 41.3 Å². The van der Waals surface area contributed by atoms with Crippen LogP contribution >= 0.6 is 0 Å². The molecule has 0 saturated carbocycles. The van der Waals surface area contributed by atoms with Crippen LogP contribution in [0.5, 0.6) is 0 Å². The number of hydrogen-bond donors (Lipinski definition) is 1. The highest BCUT2D eigenvalue weighted by molar-refractivity contribution is 5.56. The van der Waals surface area contributed by atoms with Gasteiger partial charge in [0.25, 0.3) is 0 Å². The molecule has 0 bridgehead atoms. The Morgan fingerprint density at radius 3 is 2.25 bits per heavy atom. The third-order valence-corrected chi connectivity index (χ3v) is 4.72. The zero-order chi connectivity index (χ0) is 19.5. The van der Waals surface area contributed by atoms with Crippen molar-refractivity contribution in [1.29, 1.82) is 0 Å². The van der Waals surface area contributed by atoms with E-state index in [-0.39, 0.29) is 11.6 Å². The maximum absolute atomic E-state index is 13.4. The first-order valence-corrected chi connectivity index (χ1v) is 9.20. The molecule has 1 N–H and O–H groups in total. The van der Waals surface area contributed by atoms with Gasteiger partial charge in [-0.1, -0.05) is 6.07 Å². The maximum atomic E-state index is 13.4. The molecule has 2 aromatic carbocycles. The summed E-state index contributed by atoms with van der Waals surface area (Å²) < 4.78 is 26.5. The van der Waals surface area contributed by atoms with Gasteiger partial charge in [-0.25, -0.2) is 13.8 Å². The van der Waals surface area contributed by atoms with Crippen LogP contribution in [0, 0.1) is 18.6 Å². The molecule has 0 radical (unpaired) electrons. The normalized spacial score (nSPS) is 14.2. The molecule has 3 aromatic rings. The molecule has 144 valence electrons. The Hall–Kier alpha value is -3.22. The summed E-state index contributed by atoms with van der Waals surface area (Å²) in [6.07, 6.45) is 0. The lowest BCUT2D eigenvalue weighted by atomic mass is 10.2. The third kappa shape index (κ3) is 4.19. The van der Waals surface area contributed by atoms with Crippen LogP contribution in [0.15, 0.2) is 54.6 Å². The second kappa shape index (κ2) is 7.80. The molecule has 1 aromatic heterocycles. The van der Waals surface area contributed by atoms with Gasteiger partial charge in [0.05, 0.1) is 0 Å². The summed E-state index contributed by atoms with van der Waals surface area (Å²) in [4.78, 5) is 13.4. The maximum Gasteiger partial charge on any atom is 0.229 e. The molecule has 1 fully saturated rings. The largest absolute Gasteiger partial charge is 0.368 e. The summed E-state index contributed by atoms with van der Waals surface area (Å²) >= 11 is 0. The Morgan fingerprint density at radius 2 is 1.54 bits per heavy atom. The summed E-state index contributed by atoms with van der Waals surface area (Å²) in [5.41, 5.74) is 2.47. The van der Waals surface area contributed by atoms with Crippen molar-refractivity contribution in [3.05, 3.63) is 71.9 Å². The second-order valence-electron chi connectivity index (χ2n) is 6.78. The number of aromatic nitrogens is 2. The summed E-state index contributed by atoms with van der Waals surface area (Å²) in [5, 5.41) is 3.07. The highest BCUT2D eigenvalue weighted by atomic mass is 19.1. The number of hydrogen-bond acceptors (Lipinski definition) is 5. The number of rotatable bonds is 4. The topological polar surface area (TPSA) is 44.3 Å². The van der Waals surface area contributed by atoms with Gasteiger partial charge in [0, 0.05) is 49.3 Å². The number of aryl methyl sites for hydroxylation is 1. The van der Waals surface area contributed by atoms with Gasteiger partial charge in [-0.3, -0.25) is 0 Å². The Kier molecular flexibility index (Phi) is 5.06. The molecule has 0 spiro atoms. The summed E-state index contributed by atoms with van der Waals surface area (Å²) in [5.74, 6) is 0.749. The number of halogens is 2. The average Bonchev–Trinajstić information content (AvgIpc) is 2.68. The van der Waals surface area contributed by atoms with Crippen molar-refractivity contribution in [2.45, 2.75) is 6.92 Å². The molecule has 2 heterocycles. The quantitative estimate of drug-likeness (QED) is 0.736. The van der Waals surface area contributed by atoms with Crippen LogP contribution in [0.4, 0.5) is 31.9 Å². The lowest BCUT2D eigenvalue weighted by Crippen LogP contribution is -2.46. The minimum atomic E-state index is -0.310. The number of piperazine rings is 1. The predicted octanol–water partition coefficient (Wildman–Crippen LogP) is 4.13. The van der Waals surface area contributed by atoms with E-state index in [0.29, 0.717) is 11.6 Å². The molecular weight excluding hydrogens is 360 g/mol. The van der Waals surface area contributed by atoms with Gasteiger partial charge >= 0.3 is 0 Å². The summed E-state index contributed by atoms with van der Waals surface area (Å²) in [6.45, 7) is 5.15. The van der Waals surface area contributed by atoms with E-state index in [1.807, 2.05) is 13.0 Å². The predicted molar refractivity (Wildman–Crippen MR) is 107 cm³/mol. The highest BCUT2D eigenvalue weighted by Gasteiger charge is 2.19. The number of nitrogens with zero attached hydrogens (tertiary/aromatic N) is 4. The van der Waals surface area contributed by atoms with Crippen LogP contribution in [0.3, 0.4) is 0 Å². The van der Waals surface area contributed by atoms with E-state index < -0.39 is 0 Å². The summed E-state index contributed by atoms with van der Waals surface area (Å²) in [7, 11) is 0. The molecule has 4 rings (SSSR count). The van der Waals surface area contributed by atoms with E-state index in [1.165, 1.54) is 24.3 Å². The van der Waals surface area contributed by atoms with Crippen LogP contribution in [-0.2, 0) is 0 Å². The van der Waals surface area contributed by atoms with Crippen molar-refractivity contribution in [3.63, 3.8) is 0 Å². The van der Waals surface area contributed by atoms with E-state index >= 15 is 0 Å². The average molecular weight is 381 g/mol. The number of benzene rings is 2. The molecule has 7 heteroatoms. The fraction of sp³-hybridized carbons (Fsp3) is 0.238. The van der Waals surface area contributed by atoms with Crippen molar-refractivity contribution in [2.24, 2.45) is 0 Å². The zero-order valence-electron chi connectivity index (χ0n) is 15.6. The standard InChI is InChI=1S/C21H21F2N5/c1-15-13-20(26-21(24-15)25-18-4-2-3-17(23)14-18)28-11-9-27(10-12-28)19-7-5-16(22)6-8-19/h2-8,13-14H,9-12H2,1H3,(H,24,25,26). The lowest BCUT2D eigenvalue weighted by Gasteiger charge is -2.36. The first-order valence-electron chi connectivity index (χ1n) is 9.20. The molecule has 0 aliphatic carbocycles. The molecule has 0 unspecified atom stereocenters. The van der Waals surface area contributed by atoms with E-state index in [2.05, 4.69) is 25.1 Å². The van der Waals surface area contributed by atoms with E-state index in [4.69, 9.17) is 0 Å². The molecule has 0 atom stereocenters. The van der Waals surface area contributed by atoms with Crippen molar-refractivity contribution < 1.29 is 8.78 Å². The van der Waals surface area contributed by atoms with Gasteiger partial charge in [0.1, 0.15) is 17.5 Å². The fourth-order valence-corrected chi connectivity index (χ4v) is 3.31. The summed E-state index contributed by atoms with van der Waals surface area (Å²) in [6, 6.07) is 14.8. The van der Waals surface area contributed by atoms with Crippen LogP contribution in [-0.4, -0.2) is 36.1 Å². The van der Waals surface area contributed by atoms with Crippen molar-refractivity contribution >= 4 is 23.1 Å². The van der Waals surface area contributed by atoms with Crippen LogP contribution < -0.4 is 15.1 Å². The minimum absolute atomic E-state index is 0.225. The zero-order valence-corrected chi connectivity index (χ0v) is 15.6. The molecule has 1 aliphatic heterocycles. The van der Waals surface area contributed by atoms with Crippen molar-refractivity contribution in [3.8, 4) is 0 Å².